The van der Waals surface area contributed by atoms with E-state index in [4.69, 9.17) is 4.74 Å². The van der Waals surface area contributed by atoms with Crippen LogP contribution >= 0.6 is 11.8 Å². The zero-order chi connectivity index (χ0) is 20.7. The predicted molar refractivity (Wildman–Crippen MR) is 114 cm³/mol. The molecule has 4 bridgehead atoms. The molecule has 1 aromatic carbocycles. The van der Waals surface area contributed by atoms with Crippen molar-refractivity contribution >= 4 is 35.2 Å². The number of carbonyl (C=O) groups is 3. The van der Waals surface area contributed by atoms with Gasteiger partial charge in [0.1, 0.15) is 0 Å². The molecule has 2 N–H and O–H groups in total. The first-order valence-corrected chi connectivity index (χ1v) is 11.8. The molecule has 1 atom stereocenters. The molecule has 6 rings (SSSR count). The Hall–Kier alpha value is -2.02. The molecule has 2 amide bonds. The highest BCUT2D eigenvalue weighted by molar-refractivity contribution is 8.01. The molecule has 1 aliphatic heterocycles. The highest BCUT2D eigenvalue weighted by Crippen LogP contribution is 2.59. The van der Waals surface area contributed by atoms with Crippen molar-refractivity contribution in [3.05, 3.63) is 24.3 Å². The first-order valence-electron chi connectivity index (χ1n) is 11.0. The number of ether oxygens (including phenoxy) is 1. The molecule has 1 unspecified atom stereocenters. The highest BCUT2D eigenvalue weighted by Gasteiger charge is 2.50. The second-order valence-corrected chi connectivity index (χ2v) is 10.9. The van der Waals surface area contributed by atoms with Gasteiger partial charge in [0.2, 0.25) is 5.91 Å². The molecule has 4 fully saturated rings. The molecular weight excluding hydrogens is 400 g/mol. The summed E-state index contributed by atoms with van der Waals surface area (Å²) >= 11 is 1.36. The smallest absolute Gasteiger partial charge is 0.307 e. The quantitative estimate of drug-likeness (QED) is 0.679. The van der Waals surface area contributed by atoms with Crippen LogP contribution in [0, 0.1) is 23.2 Å². The Balaban J connectivity index is 1.07. The number of esters is 1. The molecular formula is C23H28N2O4S. The summed E-state index contributed by atoms with van der Waals surface area (Å²) in [6, 6.07) is 7.50. The lowest BCUT2D eigenvalue weighted by atomic mass is 9.49. The topological polar surface area (TPSA) is 84.5 Å². The number of amides is 2. The van der Waals surface area contributed by atoms with E-state index in [1.807, 2.05) is 24.3 Å². The minimum absolute atomic E-state index is 0.0485. The molecule has 0 saturated heterocycles. The van der Waals surface area contributed by atoms with Crippen LogP contribution < -0.4 is 10.6 Å². The molecule has 1 heterocycles. The minimum atomic E-state index is -0.539. The van der Waals surface area contributed by atoms with Crippen molar-refractivity contribution in [1.29, 1.82) is 0 Å². The van der Waals surface area contributed by atoms with Crippen LogP contribution in [0.4, 0.5) is 5.69 Å². The molecule has 5 aliphatic rings. The van der Waals surface area contributed by atoms with E-state index < -0.39 is 11.2 Å². The number of rotatable bonds is 6. The van der Waals surface area contributed by atoms with Crippen molar-refractivity contribution in [2.75, 3.05) is 18.5 Å². The van der Waals surface area contributed by atoms with E-state index in [0.29, 0.717) is 6.54 Å². The summed E-state index contributed by atoms with van der Waals surface area (Å²) in [5, 5.41) is 5.30. The number of hydrogen-bond acceptors (Lipinski definition) is 5. The summed E-state index contributed by atoms with van der Waals surface area (Å²) in [6.07, 6.45) is 7.77. The number of hydrogen-bond donors (Lipinski definition) is 2. The summed E-state index contributed by atoms with van der Waals surface area (Å²) in [5.74, 6) is 1.56. The lowest BCUT2D eigenvalue weighted by molar-refractivity contribution is -0.149. The molecule has 0 aromatic heterocycles. The third-order valence-corrected chi connectivity index (χ3v) is 8.52. The van der Waals surface area contributed by atoms with Gasteiger partial charge in [-0.1, -0.05) is 12.1 Å². The van der Waals surface area contributed by atoms with Crippen LogP contribution in [0.1, 0.15) is 44.9 Å². The Morgan fingerprint density at radius 1 is 1.10 bits per heavy atom. The Bertz CT molecular complexity index is 835. The van der Waals surface area contributed by atoms with Crippen molar-refractivity contribution in [2.24, 2.45) is 23.2 Å². The Labute approximate surface area is 180 Å². The number of carbonyl (C=O) groups excluding carboxylic acids is 3. The Kier molecular flexibility index (Phi) is 5.25. The summed E-state index contributed by atoms with van der Waals surface area (Å²) < 4.78 is 5.17. The lowest BCUT2D eigenvalue weighted by Crippen LogP contribution is -2.51. The van der Waals surface area contributed by atoms with Gasteiger partial charge in [-0.2, -0.15) is 0 Å². The number of anilines is 1. The maximum atomic E-state index is 12.3. The second kappa shape index (κ2) is 7.91. The third kappa shape index (κ3) is 4.09. The van der Waals surface area contributed by atoms with Crippen LogP contribution in [-0.2, 0) is 19.1 Å². The van der Waals surface area contributed by atoms with E-state index in [9.17, 15) is 14.4 Å². The van der Waals surface area contributed by atoms with Gasteiger partial charge in [0.15, 0.2) is 6.61 Å². The molecule has 4 saturated carbocycles. The fourth-order valence-electron chi connectivity index (χ4n) is 6.43. The van der Waals surface area contributed by atoms with Crippen molar-refractivity contribution in [3.63, 3.8) is 0 Å². The van der Waals surface area contributed by atoms with E-state index in [0.717, 1.165) is 28.3 Å². The van der Waals surface area contributed by atoms with Gasteiger partial charge in [-0.3, -0.25) is 14.4 Å². The third-order valence-electron chi connectivity index (χ3n) is 7.25. The van der Waals surface area contributed by atoms with Crippen molar-refractivity contribution in [2.45, 2.75) is 55.1 Å². The molecule has 1 aromatic rings. The Morgan fingerprint density at radius 2 is 1.77 bits per heavy atom. The summed E-state index contributed by atoms with van der Waals surface area (Å²) in [6.45, 7) is 0.422. The van der Waals surface area contributed by atoms with E-state index in [2.05, 4.69) is 10.6 Å². The van der Waals surface area contributed by atoms with Gasteiger partial charge in [0, 0.05) is 11.4 Å². The van der Waals surface area contributed by atoms with Crippen LogP contribution in [0.15, 0.2) is 29.2 Å². The minimum Gasteiger partial charge on any atom is -0.456 e. The number of benzene rings is 1. The van der Waals surface area contributed by atoms with Gasteiger partial charge in [0.25, 0.3) is 5.91 Å². The summed E-state index contributed by atoms with van der Waals surface area (Å²) in [5.41, 5.74) is 1.03. The SMILES string of the molecule is O=C(COC(=O)CC1Sc2ccccc2NC1=O)NCC12CC3CC(CC(C3)C1)C2. The Morgan fingerprint density at radius 3 is 2.47 bits per heavy atom. The van der Waals surface area contributed by atoms with E-state index in [1.165, 1.54) is 50.3 Å². The molecule has 4 aliphatic carbocycles. The maximum absolute atomic E-state index is 12.3. The van der Waals surface area contributed by atoms with E-state index in [1.54, 1.807) is 0 Å². The molecule has 7 heteroatoms. The van der Waals surface area contributed by atoms with Gasteiger partial charge < -0.3 is 15.4 Å². The molecule has 30 heavy (non-hydrogen) atoms. The van der Waals surface area contributed by atoms with Crippen molar-refractivity contribution < 1.29 is 19.1 Å². The first kappa shape index (κ1) is 19.9. The summed E-state index contributed by atoms with van der Waals surface area (Å²) in [7, 11) is 0. The monoisotopic (exact) mass is 428 g/mol. The van der Waals surface area contributed by atoms with Crippen LogP contribution in [0.2, 0.25) is 0 Å². The largest absolute Gasteiger partial charge is 0.456 e. The maximum Gasteiger partial charge on any atom is 0.307 e. The van der Waals surface area contributed by atoms with Crippen LogP contribution in [0.5, 0.6) is 0 Å². The average Bonchev–Trinajstić information content (AvgIpc) is 2.70. The predicted octanol–water partition coefficient (Wildman–Crippen LogP) is 3.37. The van der Waals surface area contributed by atoms with Gasteiger partial charge in [-0.15, -0.1) is 11.8 Å². The molecule has 160 valence electrons. The first-order chi connectivity index (χ1) is 14.5. The second-order valence-electron chi connectivity index (χ2n) is 9.65. The van der Waals surface area contributed by atoms with Gasteiger partial charge >= 0.3 is 5.97 Å². The van der Waals surface area contributed by atoms with Crippen LogP contribution in [0.3, 0.4) is 0 Å². The fourth-order valence-corrected chi connectivity index (χ4v) is 7.52. The highest BCUT2D eigenvalue weighted by atomic mass is 32.2. The summed E-state index contributed by atoms with van der Waals surface area (Å²) in [4.78, 5) is 37.6. The van der Waals surface area contributed by atoms with Gasteiger partial charge in [-0.05, 0) is 73.8 Å². The number of thioether (sulfide) groups is 1. The zero-order valence-electron chi connectivity index (χ0n) is 17.0. The number of nitrogens with one attached hydrogen (secondary N) is 2. The van der Waals surface area contributed by atoms with Gasteiger partial charge in [-0.25, -0.2) is 0 Å². The van der Waals surface area contributed by atoms with Crippen molar-refractivity contribution in [3.8, 4) is 0 Å². The van der Waals surface area contributed by atoms with E-state index >= 15 is 0 Å². The number of fused-ring (bicyclic) bond motifs is 1. The van der Waals surface area contributed by atoms with Crippen LogP contribution in [0.25, 0.3) is 0 Å². The normalized spacial score (nSPS) is 33.5. The van der Waals surface area contributed by atoms with Crippen LogP contribution in [-0.4, -0.2) is 36.2 Å². The average molecular weight is 429 g/mol. The zero-order valence-corrected chi connectivity index (χ0v) is 17.8. The van der Waals surface area contributed by atoms with E-state index in [-0.39, 0.29) is 30.3 Å². The standard InChI is InChI=1S/C23H28N2O4S/c26-20(24-13-23-9-14-5-15(10-23)7-16(6-14)11-23)12-29-21(27)8-19-22(28)25-17-3-1-2-4-18(17)30-19/h1-4,14-16,19H,5-13H2,(H,24,26)(H,25,28). The molecule has 6 nitrogen and oxygen atoms in total. The van der Waals surface area contributed by atoms with Gasteiger partial charge in [0.05, 0.1) is 17.4 Å². The number of para-hydroxylation sites is 1. The molecule has 0 spiro atoms. The lowest BCUT2D eigenvalue weighted by Gasteiger charge is -2.56. The van der Waals surface area contributed by atoms with Crippen molar-refractivity contribution in [1.82, 2.24) is 5.32 Å². The molecule has 0 radical (unpaired) electrons. The fraction of sp³-hybridized carbons (Fsp3) is 0.609.